The summed E-state index contributed by atoms with van der Waals surface area (Å²) in [5.74, 6) is -0.772. The molecule has 1 fully saturated rings. The first kappa shape index (κ1) is 12.4. The van der Waals surface area contributed by atoms with E-state index in [0.29, 0.717) is 18.1 Å². The second kappa shape index (κ2) is 5.49. The van der Waals surface area contributed by atoms with E-state index in [0.717, 1.165) is 18.7 Å². The highest BCUT2D eigenvalue weighted by atomic mass is 35.5. The van der Waals surface area contributed by atoms with Crippen molar-refractivity contribution >= 4 is 17.6 Å². The summed E-state index contributed by atoms with van der Waals surface area (Å²) in [5, 5.41) is 12.9. The number of carboxylic acids is 1. The summed E-state index contributed by atoms with van der Waals surface area (Å²) in [6.45, 7) is 2.73. The van der Waals surface area contributed by atoms with Crippen LogP contribution in [0.2, 0.25) is 5.02 Å². The molecule has 0 spiro atoms. The van der Waals surface area contributed by atoms with Crippen LogP contribution in [0.3, 0.4) is 0 Å². The van der Waals surface area contributed by atoms with Crippen molar-refractivity contribution in [3.05, 3.63) is 34.9 Å². The molecule has 1 saturated heterocycles. The maximum absolute atomic E-state index is 11.1. The van der Waals surface area contributed by atoms with Gasteiger partial charge in [-0.1, -0.05) is 23.7 Å². The third kappa shape index (κ3) is 3.19. The normalized spacial score (nSPS) is 21.4. The molecule has 0 unspecified atom stereocenters. The van der Waals surface area contributed by atoms with E-state index < -0.39 is 12.0 Å². The Bertz CT molecular complexity index is 394. The van der Waals surface area contributed by atoms with Crippen LogP contribution in [0, 0.1) is 0 Å². The first-order valence-corrected chi connectivity index (χ1v) is 5.96. The molecule has 1 aromatic carbocycles. The Balaban J connectivity index is 2.05. The van der Waals surface area contributed by atoms with Crippen molar-refractivity contribution in [2.75, 3.05) is 19.6 Å². The van der Waals surface area contributed by atoms with Gasteiger partial charge >= 0.3 is 5.97 Å². The maximum Gasteiger partial charge on any atom is 0.322 e. The molecule has 0 amide bonds. The quantitative estimate of drug-likeness (QED) is 0.851. The number of rotatable bonds is 3. The number of carbonyl (C=O) groups is 1. The SMILES string of the molecule is O=C(O)[C@@H]1CNCCN1Cc1ccc(Cl)cc1. The van der Waals surface area contributed by atoms with Crippen molar-refractivity contribution in [3.63, 3.8) is 0 Å². The van der Waals surface area contributed by atoms with Gasteiger partial charge in [-0.25, -0.2) is 0 Å². The van der Waals surface area contributed by atoms with Crippen molar-refractivity contribution in [2.24, 2.45) is 0 Å². The summed E-state index contributed by atoms with van der Waals surface area (Å²) in [6.07, 6.45) is 0. The fraction of sp³-hybridized carbons (Fsp3) is 0.417. The second-order valence-corrected chi connectivity index (χ2v) is 4.59. The molecule has 92 valence electrons. The molecular formula is C12H15ClN2O2. The average Bonchev–Trinajstić information content (AvgIpc) is 2.32. The van der Waals surface area contributed by atoms with E-state index in [-0.39, 0.29) is 0 Å². The van der Waals surface area contributed by atoms with Gasteiger partial charge in [0.05, 0.1) is 0 Å². The minimum Gasteiger partial charge on any atom is -0.480 e. The summed E-state index contributed by atoms with van der Waals surface area (Å²) in [7, 11) is 0. The molecule has 0 radical (unpaired) electrons. The fourth-order valence-electron chi connectivity index (χ4n) is 2.00. The van der Waals surface area contributed by atoms with E-state index in [4.69, 9.17) is 16.7 Å². The van der Waals surface area contributed by atoms with Gasteiger partial charge in [0.25, 0.3) is 0 Å². The molecule has 0 aliphatic carbocycles. The Morgan fingerprint density at radius 1 is 1.47 bits per heavy atom. The van der Waals surface area contributed by atoms with Gasteiger partial charge in [-0.3, -0.25) is 9.69 Å². The standard InChI is InChI=1S/C12H15ClN2O2/c13-10-3-1-9(2-4-10)8-15-6-5-14-7-11(15)12(16)17/h1-4,11,14H,5-8H2,(H,16,17)/t11-/m0/s1. The number of hydrogen-bond donors (Lipinski definition) is 2. The number of nitrogens with zero attached hydrogens (tertiary/aromatic N) is 1. The molecule has 1 aromatic rings. The number of halogens is 1. The van der Waals surface area contributed by atoms with Crippen LogP contribution in [0.5, 0.6) is 0 Å². The summed E-state index contributed by atoms with van der Waals surface area (Å²) >= 11 is 5.82. The number of piperazine rings is 1. The van der Waals surface area contributed by atoms with Crippen LogP contribution in [-0.4, -0.2) is 41.7 Å². The number of hydrogen-bond acceptors (Lipinski definition) is 3. The second-order valence-electron chi connectivity index (χ2n) is 4.16. The molecule has 1 aliphatic rings. The Morgan fingerprint density at radius 2 is 2.18 bits per heavy atom. The highest BCUT2D eigenvalue weighted by Crippen LogP contribution is 2.14. The Kier molecular flexibility index (Phi) is 3.99. The molecule has 1 heterocycles. The van der Waals surface area contributed by atoms with Crippen molar-refractivity contribution < 1.29 is 9.90 Å². The first-order chi connectivity index (χ1) is 8.16. The molecule has 0 aromatic heterocycles. The van der Waals surface area contributed by atoms with Gasteiger partial charge in [0.1, 0.15) is 6.04 Å². The summed E-state index contributed by atoms with van der Waals surface area (Å²) in [6, 6.07) is 7.08. The number of aliphatic carboxylic acids is 1. The monoisotopic (exact) mass is 254 g/mol. The number of benzene rings is 1. The molecule has 1 atom stereocenters. The van der Waals surface area contributed by atoms with Crippen molar-refractivity contribution in [2.45, 2.75) is 12.6 Å². The lowest BCUT2D eigenvalue weighted by molar-refractivity contribution is -0.144. The zero-order valence-corrected chi connectivity index (χ0v) is 10.2. The van der Waals surface area contributed by atoms with Crippen LogP contribution < -0.4 is 5.32 Å². The van der Waals surface area contributed by atoms with Crippen molar-refractivity contribution in [1.29, 1.82) is 0 Å². The lowest BCUT2D eigenvalue weighted by Crippen LogP contribution is -2.54. The highest BCUT2D eigenvalue weighted by molar-refractivity contribution is 6.30. The Hall–Kier alpha value is -1.10. The van der Waals surface area contributed by atoms with Gasteiger partial charge in [-0.2, -0.15) is 0 Å². The molecule has 2 N–H and O–H groups in total. The summed E-state index contributed by atoms with van der Waals surface area (Å²) < 4.78 is 0. The predicted molar refractivity (Wildman–Crippen MR) is 66.2 cm³/mol. The van der Waals surface area contributed by atoms with Gasteiger partial charge in [-0.15, -0.1) is 0 Å². The van der Waals surface area contributed by atoms with E-state index in [2.05, 4.69) is 5.32 Å². The average molecular weight is 255 g/mol. The van der Waals surface area contributed by atoms with Crippen molar-refractivity contribution in [1.82, 2.24) is 10.2 Å². The van der Waals surface area contributed by atoms with Gasteiger partial charge < -0.3 is 10.4 Å². The van der Waals surface area contributed by atoms with E-state index in [1.807, 2.05) is 29.2 Å². The van der Waals surface area contributed by atoms with Gasteiger partial charge in [-0.05, 0) is 17.7 Å². The van der Waals surface area contributed by atoms with Crippen LogP contribution in [0.4, 0.5) is 0 Å². The van der Waals surface area contributed by atoms with E-state index in [9.17, 15) is 4.79 Å². The van der Waals surface area contributed by atoms with Gasteiger partial charge in [0.15, 0.2) is 0 Å². The lowest BCUT2D eigenvalue weighted by Gasteiger charge is -2.33. The topological polar surface area (TPSA) is 52.6 Å². The first-order valence-electron chi connectivity index (χ1n) is 5.59. The molecule has 17 heavy (non-hydrogen) atoms. The minimum atomic E-state index is -0.772. The third-order valence-corrected chi connectivity index (χ3v) is 3.19. The molecule has 0 saturated carbocycles. The maximum atomic E-state index is 11.1. The lowest BCUT2D eigenvalue weighted by atomic mass is 10.1. The molecule has 0 bridgehead atoms. The predicted octanol–water partition coefficient (Wildman–Crippen LogP) is 1.20. The van der Waals surface area contributed by atoms with Gasteiger partial charge in [0.2, 0.25) is 0 Å². The molecule has 2 rings (SSSR count). The van der Waals surface area contributed by atoms with E-state index >= 15 is 0 Å². The van der Waals surface area contributed by atoms with Crippen LogP contribution in [-0.2, 0) is 11.3 Å². The van der Waals surface area contributed by atoms with E-state index in [1.165, 1.54) is 0 Å². The summed E-state index contributed by atoms with van der Waals surface area (Å²) in [5.41, 5.74) is 1.09. The third-order valence-electron chi connectivity index (χ3n) is 2.94. The molecule has 1 aliphatic heterocycles. The van der Waals surface area contributed by atoms with Crippen LogP contribution >= 0.6 is 11.6 Å². The van der Waals surface area contributed by atoms with Gasteiger partial charge in [0, 0.05) is 31.2 Å². The smallest absolute Gasteiger partial charge is 0.322 e. The highest BCUT2D eigenvalue weighted by Gasteiger charge is 2.27. The number of carboxylic acid groups (broad SMARTS) is 1. The van der Waals surface area contributed by atoms with Crippen LogP contribution in [0.1, 0.15) is 5.56 Å². The van der Waals surface area contributed by atoms with Crippen LogP contribution in [0.25, 0.3) is 0 Å². The largest absolute Gasteiger partial charge is 0.480 e. The molecule has 4 nitrogen and oxygen atoms in total. The van der Waals surface area contributed by atoms with Crippen LogP contribution in [0.15, 0.2) is 24.3 Å². The zero-order valence-electron chi connectivity index (χ0n) is 9.40. The Morgan fingerprint density at radius 3 is 2.82 bits per heavy atom. The summed E-state index contributed by atoms with van der Waals surface area (Å²) in [4.78, 5) is 13.1. The van der Waals surface area contributed by atoms with Crippen molar-refractivity contribution in [3.8, 4) is 0 Å². The van der Waals surface area contributed by atoms with E-state index in [1.54, 1.807) is 0 Å². The fourth-order valence-corrected chi connectivity index (χ4v) is 2.13. The zero-order chi connectivity index (χ0) is 12.3. The minimum absolute atomic E-state index is 0.445. The molecule has 5 heteroatoms. The Labute approximate surface area is 105 Å². The number of nitrogens with one attached hydrogen (secondary N) is 1. The molecular weight excluding hydrogens is 240 g/mol.